The zero-order chi connectivity index (χ0) is 18.0. The molecule has 1 unspecified atom stereocenters. The van der Waals surface area contributed by atoms with Crippen molar-refractivity contribution in [3.05, 3.63) is 35.4 Å². The van der Waals surface area contributed by atoms with Crippen molar-refractivity contribution < 1.29 is 22.8 Å². The van der Waals surface area contributed by atoms with Crippen molar-refractivity contribution >= 4 is 11.8 Å². The highest BCUT2D eigenvalue weighted by Gasteiger charge is 2.38. The summed E-state index contributed by atoms with van der Waals surface area (Å²) >= 11 is 0. The van der Waals surface area contributed by atoms with Gasteiger partial charge in [-0.3, -0.25) is 9.59 Å². The van der Waals surface area contributed by atoms with E-state index in [1.165, 1.54) is 6.07 Å². The van der Waals surface area contributed by atoms with Crippen LogP contribution in [0.3, 0.4) is 0 Å². The molecule has 0 aromatic heterocycles. The van der Waals surface area contributed by atoms with E-state index < -0.39 is 17.7 Å². The lowest BCUT2D eigenvalue weighted by atomic mass is 10.1. The number of nitrogens with zero attached hydrogens (tertiary/aromatic N) is 1. The van der Waals surface area contributed by atoms with Crippen molar-refractivity contribution in [3.8, 4) is 0 Å². The molecule has 4 nitrogen and oxygen atoms in total. The molecule has 0 spiro atoms. The average Bonchev–Trinajstić information content (AvgIpc) is 3.21. The Kier molecular flexibility index (Phi) is 5.01. The van der Waals surface area contributed by atoms with E-state index in [9.17, 15) is 22.8 Å². The number of amides is 2. The second-order valence-electron chi connectivity index (χ2n) is 6.80. The van der Waals surface area contributed by atoms with Gasteiger partial charge in [-0.2, -0.15) is 13.2 Å². The van der Waals surface area contributed by atoms with Crippen LogP contribution in [0.5, 0.6) is 0 Å². The predicted octanol–water partition coefficient (Wildman–Crippen LogP) is 3.11. The third-order valence-electron chi connectivity index (χ3n) is 5.02. The van der Waals surface area contributed by atoms with Crippen LogP contribution >= 0.6 is 0 Å². The maximum Gasteiger partial charge on any atom is 0.416 e. The molecule has 25 heavy (non-hydrogen) atoms. The van der Waals surface area contributed by atoms with Crippen LogP contribution in [0.25, 0.3) is 0 Å². The largest absolute Gasteiger partial charge is 0.416 e. The summed E-state index contributed by atoms with van der Waals surface area (Å²) in [7, 11) is 0. The summed E-state index contributed by atoms with van der Waals surface area (Å²) < 4.78 is 38.1. The van der Waals surface area contributed by atoms with Crippen molar-refractivity contribution in [1.82, 2.24) is 10.2 Å². The van der Waals surface area contributed by atoms with Crippen molar-refractivity contribution in [2.24, 2.45) is 5.92 Å². The zero-order valence-electron chi connectivity index (χ0n) is 13.8. The van der Waals surface area contributed by atoms with Crippen LogP contribution in [0.4, 0.5) is 13.2 Å². The van der Waals surface area contributed by atoms with E-state index in [0.29, 0.717) is 12.1 Å². The quantitative estimate of drug-likeness (QED) is 0.903. The molecule has 7 heteroatoms. The Morgan fingerprint density at radius 1 is 1.24 bits per heavy atom. The van der Waals surface area contributed by atoms with Gasteiger partial charge in [-0.25, -0.2) is 0 Å². The first kappa shape index (κ1) is 17.8. The maximum absolute atomic E-state index is 12.7. The molecule has 2 amide bonds. The van der Waals surface area contributed by atoms with Gasteiger partial charge >= 0.3 is 6.18 Å². The number of alkyl halides is 3. The van der Waals surface area contributed by atoms with Gasteiger partial charge < -0.3 is 10.2 Å². The number of rotatable bonds is 4. The van der Waals surface area contributed by atoms with Crippen LogP contribution in [0.2, 0.25) is 0 Å². The minimum absolute atomic E-state index is 0.00567. The molecule has 0 radical (unpaired) electrons. The summed E-state index contributed by atoms with van der Waals surface area (Å²) in [4.78, 5) is 26.2. The van der Waals surface area contributed by atoms with Crippen molar-refractivity contribution in [2.45, 2.75) is 50.9 Å². The summed E-state index contributed by atoms with van der Waals surface area (Å²) in [6.45, 7) is 0.439. The van der Waals surface area contributed by atoms with Gasteiger partial charge in [0.05, 0.1) is 11.5 Å². The summed E-state index contributed by atoms with van der Waals surface area (Å²) in [6.07, 6.45) is -0.0130. The Balaban J connectivity index is 1.55. The van der Waals surface area contributed by atoms with Gasteiger partial charge in [0.15, 0.2) is 0 Å². The predicted molar refractivity (Wildman–Crippen MR) is 85.4 cm³/mol. The molecule has 1 aliphatic carbocycles. The topological polar surface area (TPSA) is 49.4 Å². The summed E-state index contributed by atoms with van der Waals surface area (Å²) in [5.41, 5.74) is -0.345. The Morgan fingerprint density at radius 2 is 1.96 bits per heavy atom. The Morgan fingerprint density at radius 3 is 2.64 bits per heavy atom. The van der Waals surface area contributed by atoms with E-state index in [1.807, 2.05) is 4.90 Å². The summed E-state index contributed by atoms with van der Waals surface area (Å²) in [6, 6.07) is 5.14. The van der Waals surface area contributed by atoms with Crippen molar-refractivity contribution in [1.29, 1.82) is 0 Å². The number of benzene rings is 1. The fourth-order valence-electron chi connectivity index (χ4n) is 3.67. The second-order valence-corrected chi connectivity index (χ2v) is 6.80. The first-order chi connectivity index (χ1) is 11.8. The molecule has 1 saturated heterocycles. The molecule has 3 rings (SSSR count). The first-order valence-electron chi connectivity index (χ1n) is 8.58. The van der Waals surface area contributed by atoms with E-state index in [-0.39, 0.29) is 30.8 Å². The van der Waals surface area contributed by atoms with Gasteiger partial charge in [-0.05, 0) is 30.5 Å². The van der Waals surface area contributed by atoms with Crippen LogP contribution in [0.15, 0.2) is 24.3 Å². The smallest absolute Gasteiger partial charge is 0.352 e. The van der Waals surface area contributed by atoms with Gasteiger partial charge in [-0.1, -0.05) is 25.0 Å². The standard InChI is InChI=1S/C18H21F3N2O2/c19-18(20,21)14-5-3-4-12(8-14)10-22-17(25)13-9-16(24)23(11-13)15-6-1-2-7-15/h3-5,8,13,15H,1-2,6-7,9-11H2,(H,22,25). The van der Waals surface area contributed by atoms with Gasteiger partial charge in [0, 0.05) is 25.6 Å². The number of carbonyl (C=O) groups excluding carboxylic acids is 2. The molecule has 0 bridgehead atoms. The van der Waals surface area contributed by atoms with E-state index in [1.54, 1.807) is 6.07 Å². The van der Waals surface area contributed by atoms with Crippen LogP contribution in [0, 0.1) is 5.92 Å². The minimum Gasteiger partial charge on any atom is -0.352 e. The monoisotopic (exact) mass is 354 g/mol. The lowest BCUT2D eigenvalue weighted by molar-refractivity contribution is -0.137. The molecule has 136 valence electrons. The fourth-order valence-corrected chi connectivity index (χ4v) is 3.67. The molecule has 1 aromatic carbocycles. The van der Waals surface area contributed by atoms with Gasteiger partial charge in [0.1, 0.15) is 0 Å². The van der Waals surface area contributed by atoms with E-state index in [2.05, 4.69) is 5.32 Å². The first-order valence-corrected chi connectivity index (χ1v) is 8.58. The number of halogens is 3. The third-order valence-corrected chi connectivity index (χ3v) is 5.02. The molecule has 1 aromatic rings. The highest BCUT2D eigenvalue weighted by molar-refractivity contribution is 5.89. The number of carbonyl (C=O) groups is 2. The van der Waals surface area contributed by atoms with Crippen LogP contribution < -0.4 is 5.32 Å². The molecule has 2 aliphatic rings. The van der Waals surface area contributed by atoms with Crippen LogP contribution in [-0.2, 0) is 22.3 Å². The molecule has 1 atom stereocenters. The Hall–Kier alpha value is -2.05. The summed E-state index contributed by atoms with van der Waals surface area (Å²) in [5, 5.41) is 2.67. The lowest BCUT2D eigenvalue weighted by Crippen LogP contribution is -2.36. The fraction of sp³-hybridized carbons (Fsp3) is 0.556. The third kappa shape index (κ3) is 4.14. The molecule has 1 heterocycles. The Bertz CT molecular complexity index is 654. The highest BCUT2D eigenvalue weighted by Crippen LogP contribution is 2.30. The number of hydrogen-bond donors (Lipinski definition) is 1. The van der Waals surface area contributed by atoms with Crippen molar-refractivity contribution in [2.75, 3.05) is 6.54 Å². The lowest BCUT2D eigenvalue weighted by Gasteiger charge is -2.23. The van der Waals surface area contributed by atoms with E-state index in [4.69, 9.17) is 0 Å². The molecular formula is C18H21F3N2O2. The average molecular weight is 354 g/mol. The molecule has 1 saturated carbocycles. The van der Waals surface area contributed by atoms with Crippen LogP contribution in [-0.4, -0.2) is 29.3 Å². The Labute approximate surface area is 144 Å². The van der Waals surface area contributed by atoms with E-state index >= 15 is 0 Å². The SMILES string of the molecule is O=C(NCc1cccc(C(F)(F)F)c1)C1CC(=O)N(C2CCCC2)C1. The minimum atomic E-state index is -4.40. The molecular weight excluding hydrogens is 333 g/mol. The van der Waals surface area contributed by atoms with E-state index in [0.717, 1.165) is 37.8 Å². The summed E-state index contributed by atoms with van der Waals surface area (Å²) in [5.74, 6) is -0.684. The normalized spacial score (nSPS) is 21.8. The molecule has 1 aliphatic heterocycles. The highest BCUT2D eigenvalue weighted by atomic mass is 19.4. The molecule has 2 fully saturated rings. The van der Waals surface area contributed by atoms with Gasteiger partial charge in [0.2, 0.25) is 11.8 Å². The van der Waals surface area contributed by atoms with Crippen molar-refractivity contribution in [3.63, 3.8) is 0 Å². The maximum atomic E-state index is 12.7. The number of nitrogens with one attached hydrogen (secondary N) is 1. The number of hydrogen-bond acceptors (Lipinski definition) is 2. The van der Waals surface area contributed by atoms with Crippen LogP contribution in [0.1, 0.15) is 43.2 Å². The van der Waals surface area contributed by atoms with Gasteiger partial charge in [0.25, 0.3) is 0 Å². The molecule has 1 N–H and O–H groups in total. The van der Waals surface area contributed by atoms with Gasteiger partial charge in [-0.15, -0.1) is 0 Å². The second kappa shape index (κ2) is 7.06. The zero-order valence-corrected chi connectivity index (χ0v) is 13.8. The number of likely N-dealkylation sites (tertiary alicyclic amines) is 1.